The molecule has 182 valence electrons. The van der Waals surface area contributed by atoms with Crippen LogP contribution in [0.1, 0.15) is 33.9 Å². The summed E-state index contributed by atoms with van der Waals surface area (Å²) < 4.78 is 5.36. The molecule has 1 unspecified atom stereocenters. The molecule has 0 fully saturated rings. The summed E-state index contributed by atoms with van der Waals surface area (Å²) in [6.45, 7) is -0.275. The molecule has 2 aliphatic rings. The average molecular weight is 483 g/mol. The maximum absolute atomic E-state index is 13.6. The number of benzene rings is 3. The number of para-hydroxylation sites is 1. The lowest BCUT2D eigenvalue weighted by Gasteiger charge is -2.25. The summed E-state index contributed by atoms with van der Waals surface area (Å²) >= 11 is 0. The Bertz CT molecular complexity index is 1380. The molecule has 5 rings (SSSR count). The molecule has 0 radical (unpaired) electrons. The predicted molar refractivity (Wildman–Crippen MR) is 138 cm³/mol. The van der Waals surface area contributed by atoms with Crippen LogP contribution in [0.4, 0.5) is 11.4 Å². The van der Waals surface area contributed by atoms with Crippen molar-refractivity contribution in [2.24, 2.45) is 5.10 Å². The molecule has 0 aliphatic carbocycles. The van der Waals surface area contributed by atoms with Crippen molar-refractivity contribution < 1.29 is 19.1 Å². The Morgan fingerprint density at radius 3 is 2.50 bits per heavy atom. The number of ether oxygens (including phenoxy) is 1. The molecule has 2 heterocycles. The first-order chi connectivity index (χ1) is 17.4. The maximum Gasteiger partial charge on any atom is 0.299 e. The van der Waals surface area contributed by atoms with E-state index in [1.54, 1.807) is 31.4 Å². The van der Waals surface area contributed by atoms with Gasteiger partial charge in [-0.3, -0.25) is 19.3 Å². The first-order valence-electron chi connectivity index (χ1n) is 11.6. The molecule has 36 heavy (non-hydrogen) atoms. The van der Waals surface area contributed by atoms with Crippen LogP contribution >= 0.6 is 0 Å². The Hall–Kier alpha value is -4.46. The molecule has 3 aromatic carbocycles. The molecule has 0 saturated heterocycles. The van der Waals surface area contributed by atoms with Gasteiger partial charge in [0.15, 0.2) is 0 Å². The molecule has 0 spiro atoms. The number of methoxy groups -OCH3 is 1. The van der Waals surface area contributed by atoms with Crippen LogP contribution in [0, 0.1) is 0 Å². The van der Waals surface area contributed by atoms with Gasteiger partial charge in [0.05, 0.1) is 30.1 Å². The van der Waals surface area contributed by atoms with Gasteiger partial charge in [0, 0.05) is 31.8 Å². The second-order valence-electron chi connectivity index (χ2n) is 8.96. The number of nitrogens with zero attached hydrogens (tertiary/aromatic N) is 4. The molecular weight excluding hydrogens is 456 g/mol. The smallest absolute Gasteiger partial charge is 0.299 e. The number of rotatable bonds is 6. The lowest BCUT2D eigenvalue weighted by Crippen LogP contribution is -2.40. The molecule has 8 nitrogen and oxygen atoms in total. The highest BCUT2D eigenvalue weighted by Gasteiger charge is 2.40. The van der Waals surface area contributed by atoms with Gasteiger partial charge in [0.2, 0.25) is 0 Å². The van der Waals surface area contributed by atoms with E-state index in [0.717, 1.165) is 22.5 Å². The number of hydrogen-bond donors (Lipinski definition) is 0. The second-order valence-corrected chi connectivity index (χ2v) is 8.96. The fourth-order valence-corrected chi connectivity index (χ4v) is 4.58. The zero-order valence-corrected chi connectivity index (χ0v) is 20.3. The lowest BCUT2D eigenvalue weighted by molar-refractivity contribution is -0.132. The van der Waals surface area contributed by atoms with Crippen LogP contribution in [-0.2, 0) is 9.59 Å². The number of ketones is 1. The number of amides is 2. The Balaban J connectivity index is 1.48. The van der Waals surface area contributed by atoms with E-state index in [-0.39, 0.29) is 18.5 Å². The quantitative estimate of drug-likeness (QED) is 0.501. The van der Waals surface area contributed by atoms with Crippen molar-refractivity contribution in [2.45, 2.75) is 12.5 Å². The Labute approximate surface area is 209 Å². The van der Waals surface area contributed by atoms with Gasteiger partial charge in [-0.25, -0.2) is 5.01 Å². The van der Waals surface area contributed by atoms with Crippen molar-refractivity contribution in [3.63, 3.8) is 0 Å². The molecule has 2 amide bonds. The normalized spacial score (nSPS) is 16.8. The van der Waals surface area contributed by atoms with Crippen molar-refractivity contribution in [1.82, 2.24) is 5.01 Å². The minimum atomic E-state index is -0.701. The van der Waals surface area contributed by atoms with Gasteiger partial charge >= 0.3 is 0 Å². The van der Waals surface area contributed by atoms with Gasteiger partial charge in [-0.2, -0.15) is 5.10 Å². The van der Waals surface area contributed by atoms with E-state index < -0.39 is 11.7 Å². The van der Waals surface area contributed by atoms with E-state index >= 15 is 0 Å². The van der Waals surface area contributed by atoms with Crippen LogP contribution in [0.15, 0.2) is 77.9 Å². The number of fused-ring (bicyclic) bond motifs is 1. The third kappa shape index (κ3) is 4.11. The standard InChI is InChI=1S/C28H26N4O4/c1-30(2)20-13-11-18(12-14-20)25-16-23(19-7-6-8-21(15-19)36-3)29-32(25)26(33)17-31-24-10-5-4-9-22(24)27(34)28(31)35/h4-15,25H,16-17H2,1-3H3. The van der Waals surface area contributed by atoms with Crippen LogP contribution in [-0.4, -0.2) is 56.1 Å². The molecule has 8 heteroatoms. The van der Waals surface area contributed by atoms with Gasteiger partial charge in [-0.1, -0.05) is 36.4 Å². The Kier molecular flexibility index (Phi) is 6.01. The highest BCUT2D eigenvalue weighted by atomic mass is 16.5. The van der Waals surface area contributed by atoms with Gasteiger partial charge in [-0.15, -0.1) is 0 Å². The van der Waals surface area contributed by atoms with Crippen LogP contribution in [0.5, 0.6) is 5.75 Å². The highest BCUT2D eigenvalue weighted by Crippen LogP contribution is 2.35. The van der Waals surface area contributed by atoms with Crippen molar-refractivity contribution in [3.8, 4) is 5.75 Å². The van der Waals surface area contributed by atoms with Gasteiger partial charge < -0.3 is 9.64 Å². The number of carbonyl (C=O) groups is 3. The van der Waals surface area contributed by atoms with E-state index in [1.165, 1.54) is 9.91 Å². The van der Waals surface area contributed by atoms with Crippen molar-refractivity contribution in [3.05, 3.63) is 89.5 Å². The first-order valence-corrected chi connectivity index (χ1v) is 11.6. The molecule has 3 aromatic rings. The van der Waals surface area contributed by atoms with Gasteiger partial charge in [0.25, 0.3) is 17.6 Å². The summed E-state index contributed by atoms with van der Waals surface area (Å²) in [5.41, 5.74) is 4.34. The zero-order valence-electron chi connectivity index (χ0n) is 20.3. The Morgan fingerprint density at radius 1 is 1.03 bits per heavy atom. The summed E-state index contributed by atoms with van der Waals surface area (Å²) in [6, 6.07) is 21.9. The maximum atomic E-state index is 13.6. The Morgan fingerprint density at radius 2 is 1.78 bits per heavy atom. The van der Waals surface area contributed by atoms with E-state index in [4.69, 9.17) is 9.84 Å². The van der Waals surface area contributed by atoms with E-state index in [2.05, 4.69) is 0 Å². The van der Waals surface area contributed by atoms with Crippen LogP contribution in [0.3, 0.4) is 0 Å². The largest absolute Gasteiger partial charge is 0.497 e. The van der Waals surface area contributed by atoms with E-state index in [9.17, 15) is 14.4 Å². The van der Waals surface area contributed by atoms with Crippen molar-refractivity contribution in [1.29, 1.82) is 0 Å². The molecule has 0 saturated carbocycles. The lowest BCUT2D eigenvalue weighted by atomic mass is 9.98. The second kappa shape index (κ2) is 9.30. The van der Waals surface area contributed by atoms with E-state index in [0.29, 0.717) is 23.4 Å². The van der Waals surface area contributed by atoms with Crippen LogP contribution in [0.25, 0.3) is 0 Å². The minimum Gasteiger partial charge on any atom is -0.497 e. The molecule has 0 aromatic heterocycles. The zero-order chi connectivity index (χ0) is 25.4. The summed E-state index contributed by atoms with van der Waals surface area (Å²) in [6.07, 6.45) is 0.504. The molecular formula is C28H26N4O4. The summed E-state index contributed by atoms with van der Waals surface area (Å²) in [7, 11) is 5.54. The number of hydrogen-bond acceptors (Lipinski definition) is 6. The van der Waals surface area contributed by atoms with E-state index in [1.807, 2.05) is 67.5 Å². The molecule has 2 aliphatic heterocycles. The number of carbonyl (C=O) groups excluding carboxylic acids is 3. The van der Waals surface area contributed by atoms with Crippen molar-refractivity contribution in [2.75, 3.05) is 37.5 Å². The highest BCUT2D eigenvalue weighted by molar-refractivity contribution is 6.52. The third-order valence-corrected chi connectivity index (χ3v) is 6.54. The predicted octanol–water partition coefficient (Wildman–Crippen LogP) is 3.67. The fraction of sp³-hybridized carbons (Fsp3) is 0.214. The monoisotopic (exact) mass is 482 g/mol. The van der Waals surface area contributed by atoms with Gasteiger partial charge in [-0.05, 0) is 42.0 Å². The molecule has 1 atom stereocenters. The number of hydrazone groups is 1. The number of Topliss-reactive ketones (excluding diaryl/α,β-unsaturated/α-hetero) is 1. The van der Waals surface area contributed by atoms with Crippen LogP contribution < -0.4 is 14.5 Å². The van der Waals surface area contributed by atoms with Crippen molar-refractivity contribution >= 4 is 34.7 Å². The summed E-state index contributed by atoms with van der Waals surface area (Å²) in [5.74, 6) is -0.971. The molecule has 0 N–H and O–H groups in total. The van der Waals surface area contributed by atoms with Crippen LogP contribution in [0.2, 0.25) is 0 Å². The third-order valence-electron chi connectivity index (χ3n) is 6.54. The first kappa shape index (κ1) is 23.3. The molecule has 0 bridgehead atoms. The number of anilines is 2. The minimum absolute atomic E-state index is 0.275. The summed E-state index contributed by atoms with van der Waals surface area (Å²) in [5, 5.41) is 6.15. The average Bonchev–Trinajstić information content (AvgIpc) is 3.45. The SMILES string of the molecule is COc1cccc(C2=NN(C(=O)CN3C(=O)C(=O)c4ccccc43)C(c3ccc(N(C)C)cc3)C2)c1. The van der Waals surface area contributed by atoms with Gasteiger partial charge in [0.1, 0.15) is 12.3 Å². The summed E-state index contributed by atoms with van der Waals surface area (Å²) in [4.78, 5) is 41.9. The fourth-order valence-electron chi connectivity index (χ4n) is 4.58. The topological polar surface area (TPSA) is 82.5 Å².